The number of pyridine rings is 1. The van der Waals surface area contributed by atoms with Gasteiger partial charge in [-0.3, -0.25) is 4.98 Å². The third-order valence-electron chi connectivity index (χ3n) is 6.23. The fourth-order valence-electron chi connectivity index (χ4n) is 4.42. The molecule has 34 heavy (non-hydrogen) atoms. The summed E-state index contributed by atoms with van der Waals surface area (Å²) in [7, 11) is 0. The predicted molar refractivity (Wildman–Crippen MR) is 137 cm³/mol. The van der Waals surface area contributed by atoms with Gasteiger partial charge in [0.15, 0.2) is 0 Å². The second kappa shape index (κ2) is 9.72. The van der Waals surface area contributed by atoms with Crippen molar-refractivity contribution in [2.75, 3.05) is 0 Å². The van der Waals surface area contributed by atoms with Crippen molar-refractivity contribution in [1.82, 2.24) is 14.5 Å². The van der Waals surface area contributed by atoms with Crippen LogP contribution in [-0.2, 0) is 13.0 Å². The molecule has 0 aliphatic rings. The molecule has 0 radical (unpaired) electrons. The summed E-state index contributed by atoms with van der Waals surface area (Å²) in [6.45, 7) is 2.94. The topological polar surface area (TPSA) is 54.5 Å². The molecule has 0 aliphatic heterocycles. The Hall–Kier alpha value is -4.23. The lowest BCUT2D eigenvalue weighted by atomic mass is 9.99. The zero-order chi connectivity index (χ0) is 23.3. The van der Waals surface area contributed by atoms with E-state index in [0.29, 0.717) is 5.56 Å². The van der Waals surface area contributed by atoms with E-state index in [1.54, 1.807) is 0 Å². The number of aromatic nitrogens is 3. The highest BCUT2D eigenvalue weighted by Crippen LogP contribution is 2.29. The van der Waals surface area contributed by atoms with Crippen molar-refractivity contribution >= 4 is 11.0 Å². The van der Waals surface area contributed by atoms with Crippen molar-refractivity contribution in [2.24, 2.45) is 0 Å². The Balaban J connectivity index is 1.53. The van der Waals surface area contributed by atoms with Gasteiger partial charge in [-0.15, -0.1) is 0 Å². The molecule has 4 nitrogen and oxygen atoms in total. The highest BCUT2D eigenvalue weighted by atomic mass is 15.1. The van der Waals surface area contributed by atoms with Crippen LogP contribution in [0.1, 0.15) is 36.7 Å². The SMILES string of the molecule is CCCCc1nc2c(-c3ccccc3)cncc2n1Cc1ccc(-c2ccccc2C#N)cc1. The summed E-state index contributed by atoms with van der Waals surface area (Å²) >= 11 is 0. The first kappa shape index (κ1) is 21.6. The van der Waals surface area contributed by atoms with E-state index in [9.17, 15) is 5.26 Å². The summed E-state index contributed by atoms with van der Waals surface area (Å²) < 4.78 is 2.31. The molecule has 0 saturated heterocycles. The number of aryl methyl sites for hydroxylation is 1. The van der Waals surface area contributed by atoms with Crippen LogP contribution in [0.3, 0.4) is 0 Å². The highest BCUT2D eigenvalue weighted by molar-refractivity contribution is 5.91. The summed E-state index contributed by atoms with van der Waals surface area (Å²) in [5.74, 6) is 1.10. The summed E-state index contributed by atoms with van der Waals surface area (Å²) in [5.41, 5.74) is 8.17. The van der Waals surface area contributed by atoms with E-state index in [0.717, 1.165) is 64.9 Å². The standard InChI is InChI=1S/C30H26N4/c1-2-3-13-29-33-30-27(23-9-5-4-6-10-23)19-32-20-28(30)34(29)21-22-14-16-24(17-15-22)26-12-8-7-11-25(26)18-31/h4-12,14-17,19-20H,2-3,13,21H2,1H3. The maximum Gasteiger partial charge on any atom is 0.110 e. The van der Waals surface area contributed by atoms with Gasteiger partial charge >= 0.3 is 0 Å². The molecule has 4 heteroatoms. The third kappa shape index (κ3) is 4.21. The van der Waals surface area contributed by atoms with Crippen LogP contribution in [0.25, 0.3) is 33.3 Å². The number of imidazole rings is 1. The molecule has 0 unspecified atom stereocenters. The number of rotatable bonds is 7. The Morgan fingerprint density at radius 3 is 2.32 bits per heavy atom. The summed E-state index contributed by atoms with van der Waals surface area (Å²) in [6, 6.07) is 28.9. The van der Waals surface area contributed by atoms with Crippen LogP contribution >= 0.6 is 0 Å². The van der Waals surface area contributed by atoms with Crippen molar-refractivity contribution in [2.45, 2.75) is 32.7 Å². The minimum Gasteiger partial charge on any atom is -0.322 e. The minimum atomic E-state index is 0.692. The van der Waals surface area contributed by atoms with E-state index in [1.165, 1.54) is 5.56 Å². The van der Waals surface area contributed by atoms with Crippen molar-refractivity contribution in [3.8, 4) is 28.3 Å². The predicted octanol–water partition coefficient (Wildman–Crippen LogP) is 7.03. The molecule has 0 saturated carbocycles. The van der Waals surface area contributed by atoms with Gasteiger partial charge in [-0.1, -0.05) is 86.1 Å². The molecule has 2 heterocycles. The third-order valence-corrected chi connectivity index (χ3v) is 6.23. The van der Waals surface area contributed by atoms with Crippen LogP contribution < -0.4 is 0 Å². The largest absolute Gasteiger partial charge is 0.322 e. The van der Waals surface area contributed by atoms with Crippen LogP contribution in [0.5, 0.6) is 0 Å². The first-order valence-corrected chi connectivity index (χ1v) is 11.8. The highest BCUT2D eigenvalue weighted by Gasteiger charge is 2.15. The Morgan fingerprint density at radius 1 is 0.824 bits per heavy atom. The van der Waals surface area contributed by atoms with Gasteiger partial charge in [-0.05, 0) is 34.7 Å². The molecule has 5 aromatic rings. The molecule has 0 fully saturated rings. The second-order valence-corrected chi connectivity index (χ2v) is 8.49. The quantitative estimate of drug-likeness (QED) is 0.272. The number of hydrogen-bond acceptors (Lipinski definition) is 3. The van der Waals surface area contributed by atoms with E-state index >= 15 is 0 Å². The molecule has 0 bridgehead atoms. The number of nitriles is 1. The molecule has 0 N–H and O–H groups in total. The Kier molecular flexibility index (Phi) is 6.18. The van der Waals surface area contributed by atoms with Crippen molar-refractivity contribution in [3.63, 3.8) is 0 Å². The number of fused-ring (bicyclic) bond motifs is 1. The van der Waals surface area contributed by atoms with E-state index in [2.05, 4.69) is 71.1 Å². The van der Waals surface area contributed by atoms with Gasteiger partial charge in [-0.2, -0.15) is 5.26 Å². The number of nitrogens with zero attached hydrogens (tertiary/aromatic N) is 4. The fraction of sp³-hybridized carbons (Fsp3) is 0.167. The smallest absolute Gasteiger partial charge is 0.110 e. The van der Waals surface area contributed by atoms with Gasteiger partial charge in [0.2, 0.25) is 0 Å². The maximum absolute atomic E-state index is 9.45. The van der Waals surface area contributed by atoms with Crippen LogP contribution in [-0.4, -0.2) is 14.5 Å². The lowest BCUT2D eigenvalue weighted by Gasteiger charge is -2.11. The lowest BCUT2D eigenvalue weighted by molar-refractivity contribution is 0.689. The summed E-state index contributed by atoms with van der Waals surface area (Å²) in [6.07, 6.45) is 7.01. The summed E-state index contributed by atoms with van der Waals surface area (Å²) in [4.78, 5) is 9.66. The zero-order valence-electron chi connectivity index (χ0n) is 19.3. The Bertz CT molecular complexity index is 1460. The fourth-order valence-corrected chi connectivity index (χ4v) is 4.42. The van der Waals surface area contributed by atoms with Gasteiger partial charge < -0.3 is 4.57 Å². The number of unbranched alkanes of at least 4 members (excludes halogenated alkanes) is 1. The van der Waals surface area contributed by atoms with E-state index in [1.807, 2.05) is 42.7 Å². The molecule has 2 aromatic heterocycles. The van der Waals surface area contributed by atoms with Crippen LogP contribution in [0.15, 0.2) is 91.3 Å². The van der Waals surface area contributed by atoms with Crippen LogP contribution in [0, 0.1) is 11.3 Å². The van der Waals surface area contributed by atoms with E-state index < -0.39 is 0 Å². The Morgan fingerprint density at radius 2 is 1.56 bits per heavy atom. The Labute approximate surface area is 200 Å². The minimum absolute atomic E-state index is 0.692. The molecule has 0 spiro atoms. The number of benzene rings is 3. The molecular weight excluding hydrogens is 416 g/mol. The summed E-state index contributed by atoms with van der Waals surface area (Å²) in [5, 5.41) is 9.45. The maximum atomic E-state index is 9.45. The van der Waals surface area contributed by atoms with Gasteiger partial charge in [0.1, 0.15) is 5.82 Å². The van der Waals surface area contributed by atoms with Crippen molar-refractivity contribution in [3.05, 3.63) is 108 Å². The average Bonchev–Trinajstić information content (AvgIpc) is 3.25. The molecule has 0 atom stereocenters. The molecule has 5 rings (SSSR count). The average molecular weight is 443 g/mol. The van der Waals surface area contributed by atoms with Gasteiger partial charge in [0.05, 0.1) is 28.9 Å². The van der Waals surface area contributed by atoms with E-state index in [4.69, 9.17) is 4.98 Å². The molecule has 0 aliphatic carbocycles. The van der Waals surface area contributed by atoms with Crippen molar-refractivity contribution in [1.29, 1.82) is 5.26 Å². The van der Waals surface area contributed by atoms with Gasteiger partial charge in [0.25, 0.3) is 0 Å². The van der Waals surface area contributed by atoms with Crippen molar-refractivity contribution < 1.29 is 0 Å². The molecular formula is C30H26N4. The molecule has 0 amide bonds. The lowest BCUT2D eigenvalue weighted by Crippen LogP contribution is -2.05. The molecule has 3 aromatic carbocycles. The monoisotopic (exact) mass is 442 g/mol. The second-order valence-electron chi connectivity index (χ2n) is 8.49. The first-order valence-electron chi connectivity index (χ1n) is 11.8. The van der Waals surface area contributed by atoms with Crippen LogP contribution in [0.4, 0.5) is 0 Å². The molecule has 166 valence electrons. The number of hydrogen-bond donors (Lipinski definition) is 0. The normalized spacial score (nSPS) is 10.9. The zero-order valence-corrected chi connectivity index (χ0v) is 19.3. The van der Waals surface area contributed by atoms with Gasteiger partial charge in [0, 0.05) is 24.7 Å². The van der Waals surface area contributed by atoms with Crippen LogP contribution in [0.2, 0.25) is 0 Å². The van der Waals surface area contributed by atoms with Gasteiger partial charge in [-0.25, -0.2) is 4.98 Å². The van der Waals surface area contributed by atoms with E-state index in [-0.39, 0.29) is 0 Å². The first-order chi connectivity index (χ1) is 16.8.